The molecule has 0 bridgehead atoms. The van der Waals surface area contributed by atoms with E-state index in [2.05, 4.69) is 0 Å². The Morgan fingerprint density at radius 2 is 0.688 bits per heavy atom. The van der Waals surface area contributed by atoms with Crippen LogP contribution in [0.3, 0.4) is 0 Å². The molecule has 0 saturated heterocycles. The second-order valence-corrected chi connectivity index (χ2v) is 8.80. The van der Waals surface area contributed by atoms with E-state index in [0.29, 0.717) is 0 Å². The minimum atomic E-state index is -0.587. The normalized spacial score (nSPS) is 11.8. The smallest absolute Gasteiger partial charge is 0.333 e. The van der Waals surface area contributed by atoms with E-state index in [-0.39, 0.29) is 64.2 Å². The Morgan fingerprint density at radius 3 is 0.906 bits per heavy atom. The fourth-order valence-electron chi connectivity index (χ4n) is 2.01. The molecule has 0 aromatic heterocycles. The van der Waals surface area contributed by atoms with E-state index in [4.69, 9.17) is 23.7 Å². The quantitative estimate of drug-likeness (QED) is 0.339. The molecule has 4 amide bonds. The Balaban J connectivity index is 5.72. The van der Waals surface area contributed by atoms with Gasteiger partial charge in [0.1, 0.15) is 33.7 Å². The first-order chi connectivity index (χ1) is 14.8. The molecule has 0 heterocycles. The number of imide groups is 1. The molecule has 0 aliphatic rings. The highest BCUT2D eigenvalue weighted by Crippen LogP contribution is 2.10. The highest BCUT2D eigenvalue weighted by molar-refractivity contribution is 5.93. The molecule has 190 valence electrons. The van der Waals surface area contributed by atoms with Gasteiger partial charge in [-0.15, -0.1) is 0 Å². The largest absolute Gasteiger partial charge is 0.358 e. The Kier molecular flexibility index (Phi) is 15.5. The third-order valence-electron chi connectivity index (χ3n) is 3.79. The van der Waals surface area contributed by atoms with E-state index in [1.165, 1.54) is 9.80 Å². The molecule has 0 radical (unpaired) electrons. The van der Waals surface area contributed by atoms with Gasteiger partial charge in [-0.3, -0.25) is 9.80 Å². The van der Waals surface area contributed by atoms with Crippen molar-refractivity contribution in [2.24, 2.45) is 0 Å². The lowest BCUT2D eigenvalue weighted by molar-refractivity contribution is -0.0768. The van der Waals surface area contributed by atoms with Crippen molar-refractivity contribution in [1.82, 2.24) is 14.7 Å². The van der Waals surface area contributed by atoms with Gasteiger partial charge in [-0.2, -0.15) is 0 Å². The van der Waals surface area contributed by atoms with Crippen molar-refractivity contribution in [3.8, 4) is 0 Å². The summed E-state index contributed by atoms with van der Waals surface area (Å²) in [5.41, 5.74) is 0. The number of carbonyl (C=O) groups excluding carboxylic acids is 2. The lowest BCUT2D eigenvalue weighted by Crippen LogP contribution is -2.54. The molecule has 0 spiro atoms. The van der Waals surface area contributed by atoms with Gasteiger partial charge in [0.15, 0.2) is 0 Å². The van der Waals surface area contributed by atoms with Gasteiger partial charge in [-0.05, 0) is 69.2 Å². The molecule has 0 saturated carbocycles. The van der Waals surface area contributed by atoms with Gasteiger partial charge in [0, 0.05) is 0 Å². The Hall–Kier alpha value is -1.46. The highest BCUT2D eigenvalue weighted by atomic mass is 16.5. The van der Waals surface area contributed by atoms with Crippen molar-refractivity contribution in [1.29, 1.82) is 0 Å². The van der Waals surface area contributed by atoms with Crippen LogP contribution >= 0.6 is 0 Å². The molecular weight excluding hydrogens is 418 g/mol. The van der Waals surface area contributed by atoms with Crippen molar-refractivity contribution in [2.45, 2.75) is 99.8 Å². The summed E-state index contributed by atoms with van der Waals surface area (Å²) >= 11 is 0. The minimum Gasteiger partial charge on any atom is -0.358 e. The average molecular weight is 464 g/mol. The van der Waals surface area contributed by atoms with E-state index >= 15 is 0 Å². The molecule has 0 unspecified atom stereocenters. The highest BCUT2D eigenvalue weighted by Gasteiger charge is 2.32. The van der Waals surface area contributed by atoms with Crippen LogP contribution in [-0.2, 0) is 23.7 Å². The molecule has 0 atom stereocenters. The first-order valence-corrected chi connectivity index (χ1v) is 11.3. The zero-order valence-electron chi connectivity index (χ0n) is 21.6. The van der Waals surface area contributed by atoms with Crippen molar-refractivity contribution < 1.29 is 33.3 Å². The van der Waals surface area contributed by atoms with Crippen molar-refractivity contribution in [3.63, 3.8) is 0 Å². The lowest BCUT2D eigenvalue weighted by Gasteiger charge is -2.34. The van der Waals surface area contributed by atoms with Gasteiger partial charge in [-0.25, -0.2) is 14.5 Å². The molecule has 0 aliphatic heterocycles. The summed E-state index contributed by atoms with van der Waals surface area (Å²) in [5, 5.41) is 0. The summed E-state index contributed by atoms with van der Waals surface area (Å²) in [6, 6.07) is -1.17. The molecule has 0 aliphatic carbocycles. The van der Waals surface area contributed by atoms with Gasteiger partial charge in [0.2, 0.25) is 0 Å². The second-order valence-electron chi connectivity index (χ2n) is 8.80. The fourth-order valence-corrected chi connectivity index (χ4v) is 2.01. The Morgan fingerprint density at radius 1 is 0.469 bits per heavy atom. The Bertz CT molecular complexity index is 464. The summed E-state index contributed by atoms with van der Waals surface area (Å²) in [6.45, 7) is 18.2. The van der Waals surface area contributed by atoms with Gasteiger partial charge < -0.3 is 23.7 Å². The van der Waals surface area contributed by atoms with Crippen LogP contribution in [0.25, 0.3) is 0 Å². The monoisotopic (exact) mass is 463 g/mol. The number of hydrogen-bond donors (Lipinski definition) is 0. The third kappa shape index (κ3) is 13.8. The molecule has 10 heteroatoms. The number of carbonyl (C=O) groups is 2. The number of hydrogen-bond acceptors (Lipinski definition) is 7. The SMILES string of the molecule is CC(C)OCN(COC(C)C)C(=O)N(COC(C)C)C(=O)N(COC(C)C)COC(C)C. The van der Waals surface area contributed by atoms with Crippen LogP contribution < -0.4 is 0 Å². The van der Waals surface area contributed by atoms with E-state index in [0.717, 1.165) is 4.90 Å². The van der Waals surface area contributed by atoms with Crippen LogP contribution in [0.15, 0.2) is 0 Å². The van der Waals surface area contributed by atoms with Crippen molar-refractivity contribution in [2.75, 3.05) is 33.7 Å². The van der Waals surface area contributed by atoms with E-state index in [1.54, 1.807) is 0 Å². The number of rotatable bonds is 15. The average Bonchev–Trinajstić information content (AvgIpc) is 2.66. The van der Waals surface area contributed by atoms with Crippen LogP contribution in [0.4, 0.5) is 9.59 Å². The van der Waals surface area contributed by atoms with Gasteiger partial charge >= 0.3 is 12.1 Å². The zero-order chi connectivity index (χ0) is 24.8. The second kappa shape index (κ2) is 16.2. The number of urea groups is 2. The molecule has 10 nitrogen and oxygen atoms in total. The summed E-state index contributed by atoms with van der Waals surface area (Å²) in [7, 11) is 0. The lowest BCUT2D eigenvalue weighted by atomic mass is 10.5. The molecule has 0 N–H and O–H groups in total. The Labute approximate surface area is 194 Å². The first kappa shape index (κ1) is 30.5. The molecular formula is C22H45N3O7. The van der Waals surface area contributed by atoms with Crippen LogP contribution in [0.1, 0.15) is 69.2 Å². The van der Waals surface area contributed by atoms with Gasteiger partial charge in [0.05, 0.1) is 30.5 Å². The molecule has 0 aromatic rings. The molecule has 0 aromatic carbocycles. The van der Waals surface area contributed by atoms with Crippen LogP contribution in [0.5, 0.6) is 0 Å². The summed E-state index contributed by atoms with van der Waals surface area (Å²) in [5.74, 6) is 0. The number of amides is 4. The maximum absolute atomic E-state index is 13.4. The maximum Gasteiger partial charge on any atom is 0.333 e. The summed E-state index contributed by atoms with van der Waals surface area (Å²) in [4.78, 5) is 30.4. The molecule has 0 fully saturated rings. The zero-order valence-corrected chi connectivity index (χ0v) is 21.6. The van der Waals surface area contributed by atoms with E-state index in [1.807, 2.05) is 69.2 Å². The fraction of sp³-hybridized carbons (Fsp3) is 0.909. The molecule has 32 heavy (non-hydrogen) atoms. The maximum atomic E-state index is 13.4. The van der Waals surface area contributed by atoms with Crippen LogP contribution in [-0.4, -0.2) is 90.9 Å². The van der Waals surface area contributed by atoms with Gasteiger partial charge in [0.25, 0.3) is 0 Å². The summed E-state index contributed by atoms with van der Waals surface area (Å²) < 4.78 is 28.1. The van der Waals surface area contributed by atoms with Crippen LogP contribution in [0.2, 0.25) is 0 Å². The van der Waals surface area contributed by atoms with Crippen molar-refractivity contribution >= 4 is 12.1 Å². The predicted molar refractivity (Wildman–Crippen MR) is 122 cm³/mol. The van der Waals surface area contributed by atoms with E-state index < -0.39 is 12.1 Å². The topological polar surface area (TPSA) is 90.0 Å². The van der Waals surface area contributed by atoms with Crippen molar-refractivity contribution in [3.05, 3.63) is 0 Å². The standard InChI is InChI=1S/C22H45N3O7/c1-16(2)28-11-23(12-29-17(3)4)21(26)25(15-32-20(9)10)22(27)24(13-30-18(5)6)14-31-19(7)8/h16-20H,11-15H2,1-10H3. The molecule has 0 rings (SSSR count). The number of nitrogens with zero attached hydrogens (tertiary/aromatic N) is 3. The van der Waals surface area contributed by atoms with Crippen LogP contribution in [0, 0.1) is 0 Å². The predicted octanol–water partition coefficient (Wildman–Crippen LogP) is 4.04. The number of ether oxygens (including phenoxy) is 5. The first-order valence-electron chi connectivity index (χ1n) is 11.3. The summed E-state index contributed by atoms with van der Waals surface area (Å²) in [6.07, 6.45) is -0.587. The van der Waals surface area contributed by atoms with Gasteiger partial charge in [-0.1, -0.05) is 0 Å². The minimum absolute atomic E-state index is 0.0281. The van der Waals surface area contributed by atoms with E-state index in [9.17, 15) is 9.59 Å². The third-order valence-corrected chi connectivity index (χ3v) is 3.79.